The van der Waals surface area contributed by atoms with E-state index in [1.54, 1.807) is 18.2 Å². The Balaban J connectivity index is 0.000000845. The molecule has 0 bridgehead atoms. The van der Waals surface area contributed by atoms with Gasteiger partial charge >= 0.3 is 29.6 Å². The van der Waals surface area contributed by atoms with E-state index in [0.29, 0.717) is 11.3 Å². The summed E-state index contributed by atoms with van der Waals surface area (Å²) in [6.07, 6.45) is 0. The Morgan fingerprint density at radius 3 is 2.69 bits per heavy atom. The van der Waals surface area contributed by atoms with Crippen molar-refractivity contribution in [2.24, 2.45) is 0 Å². The number of nitrogens with two attached hydrogens (primary N) is 1. The molecule has 1 aromatic heterocycles. The zero-order valence-electron chi connectivity index (χ0n) is 6.36. The van der Waals surface area contributed by atoms with Gasteiger partial charge in [0.25, 0.3) is 0 Å². The minimum atomic E-state index is 0. The van der Waals surface area contributed by atoms with Gasteiger partial charge in [0.1, 0.15) is 17.1 Å². The van der Waals surface area contributed by atoms with Gasteiger partial charge in [0.2, 0.25) is 0 Å². The number of para-hydroxylation sites is 1. The number of rotatable bonds is 0. The predicted octanol–water partition coefficient (Wildman–Crippen LogP) is 0.874. The first-order chi connectivity index (χ1) is 5.77. The summed E-state index contributed by atoms with van der Waals surface area (Å²) in [7, 11) is 0. The first-order valence-electron chi connectivity index (χ1n) is 3.61. The van der Waals surface area contributed by atoms with E-state index < -0.39 is 0 Å². The molecule has 13 heavy (non-hydrogen) atoms. The fourth-order valence-corrected chi connectivity index (χ4v) is 1.15. The molecular weight excluding hydrogens is 175 g/mol. The van der Waals surface area contributed by atoms with Crippen molar-refractivity contribution < 1.29 is 5.11 Å². The molecule has 62 valence electrons. The van der Waals surface area contributed by atoms with Gasteiger partial charge in [-0.3, -0.25) is 0 Å². The monoisotopic (exact) mass is 184 g/mol. The third-order valence-corrected chi connectivity index (χ3v) is 1.72. The summed E-state index contributed by atoms with van der Waals surface area (Å²) in [6.45, 7) is 0. The third kappa shape index (κ3) is 1.94. The van der Waals surface area contributed by atoms with Crippen LogP contribution in [0.4, 0.5) is 5.82 Å². The SMILES string of the molecule is Nc1ccc2cccc(O)c2n1.[NaH]. The zero-order valence-corrected chi connectivity index (χ0v) is 6.36. The molecule has 2 aromatic rings. The maximum absolute atomic E-state index is 9.38. The van der Waals surface area contributed by atoms with Crippen LogP contribution in [-0.4, -0.2) is 39.6 Å². The van der Waals surface area contributed by atoms with Crippen LogP contribution in [0.5, 0.6) is 5.75 Å². The van der Waals surface area contributed by atoms with Gasteiger partial charge in [0.05, 0.1) is 0 Å². The number of phenols is 1. The maximum atomic E-state index is 9.38. The molecule has 0 saturated heterocycles. The Morgan fingerprint density at radius 1 is 1.15 bits per heavy atom. The molecule has 0 aliphatic heterocycles. The first-order valence-corrected chi connectivity index (χ1v) is 3.61. The molecule has 0 aliphatic carbocycles. The number of pyridine rings is 1. The van der Waals surface area contributed by atoms with E-state index in [1.807, 2.05) is 12.1 Å². The number of nitrogens with zero attached hydrogens (tertiary/aromatic N) is 1. The van der Waals surface area contributed by atoms with Crippen LogP contribution in [0.1, 0.15) is 0 Å². The number of nitrogen functional groups attached to an aromatic ring is 1. The molecule has 0 unspecified atom stereocenters. The van der Waals surface area contributed by atoms with Crippen molar-refractivity contribution in [3.63, 3.8) is 0 Å². The summed E-state index contributed by atoms with van der Waals surface area (Å²) in [5, 5.41) is 10.3. The second-order valence-electron chi connectivity index (χ2n) is 2.58. The van der Waals surface area contributed by atoms with E-state index in [0.717, 1.165) is 5.39 Å². The third-order valence-electron chi connectivity index (χ3n) is 1.72. The normalized spacial score (nSPS) is 9.54. The Hall–Kier alpha value is -0.770. The quantitative estimate of drug-likeness (QED) is 0.597. The molecule has 1 aromatic carbocycles. The van der Waals surface area contributed by atoms with Crippen molar-refractivity contribution in [3.05, 3.63) is 30.3 Å². The van der Waals surface area contributed by atoms with Gasteiger partial charge < -0.3 is 10.8 Å². The van der Waals surface area contributed by atoms with Crippen LogP contribution >= 0.6 is 0 Å². The Bertz CT molecular complexity index is 431. The number of aromatic hydroxyl groups is 1. The average molecular weight is 184 g/mol. The Labute approximate surface area is 97.9 Å². The molecule has 3 nitrogen and oxygen atoms in total. The minimum absolute atomic E-state index is 0. The van der Waals surface area contributed by atoms with E-state index >= 15 is 0 Å². The molecule has 0 aliphatic rings. The summed E-state index contributed by atoms with van der Waals surface area (Å²) in [4.78, 5) is 4.00. The van der Waals surface area contributed by atoms with E-state index in [9.17, 15) is 5.11 Å². The molecule has 0 atom stereocenters. The second kappa shape index (κ2) is 3.96. The number of hydrogen-bond donors (Lipinski definition) is 2. The van der Waals surface area contributed by atoms with Gasteiger partial charge in [-0.1, -0.05) is 12.1 Å². The van der Waals surface area contributed by atoms with Crippen molar-refractivity contribution >= 4 is 46.3 Å². The van der Waals surface area contributed by atoms with Crippen molar-refractivity contribution in [1.29, 1.82) is 0 Å². The number of fused-ring (bicyclic) bond motifs is 1. The van der Waals surface area contributed by atoms with E-state index in [4.69, 9.17) is 5.73 Å². The fourth-order valence-electron chi connectivity index (χ4n) is 1.15. The Morgan fingerprint density at radius 2 is 1.92 bits per heavy atom. The molecule has 0 radical (unpaired) electrons. The van der Waals surface area contributed by atoms with E-state index in [-0.39, 0.29) is 35.3 Å². The van der Waals surface area contributed by atoms with Crippen LogP contribution < -0.4 is 5.73 Å². The van der Waals surface area contributed by atoms with Crippen LogP contribution in [-0.2, 0) is 0 Å². The summed E-state index contributed by atoms with van der Waals surface area (Å²) < 4.78 is 0. The summed E-state index contributed by atoms with van der Waals surface area (Å²) >= 11 is 0. The summed E-state index contributed by atoms with van der Waals surface area (Å²) in [5.74, 6) is 0.587. The molecule has 0 fully saturated rings. The number of aromatic nitrogens is 1. The number of benzene rings is 1. The van der Waals surface area contributed by atoms with Gasteiger partial charge in [0.15, 0.2) is 0 Å². The second-order valence-corrected chi connectivity index (χ2v) is 2.58. The molecule has 4 heteroatoms. The Kier molecular flexibility index (Phi) is 3.14. The van der Waals surface area contributed by atoms with Crippen LogP contribution in [0.3, 0.4) is 0 Å². The molecule has 0 saturated carbocycles. The van der Waals surface area contributed by atoms with Crippen LogP contribution in [0.2, 0.25) is 0 Å². The van der Waals surface area contributed by atoms with E-state index in [2.05, 4.69) is 4.98 Å². The first kappa shape index (κ1) is 10.3. The molecule has 0 amide bonds. The van der Waals surface area contributed by atoms with Crippen LogP contribution in [0, 0.1) is 0 Å². The van der Waals surface area contributed by atoms with Gasteiger partial charge in [-0.05, 0) is 18.2 Å². The number of anilines is 1. The van der Waals surface area contributed by atoms with Crippen molar-refractivity contribution in [1.82, 2.24) is 4.98 Å². The zero-order chi connectivity index (χ0) is 8.55. The predicted molar refractivity (Wildman–Crippen MR) is 55.0 cm³/mol. The number of phenolic OH excluding ortho intramolecular Hbond substituents is 1. The van der Waals surface area contributed by atoms with Crippen LogP contribution in [0.15, 0.2) is 30.3 Å². The molecule has 0 spiro atoms. The van der Waals surface area contributed by atoms with Crippen molar-refractivity contribution in [2.75, 3.05) is 5.73 Å². The van der Waals surface area contributed by atoms with Crippen LogP contribution in [0.25, 0.3) is 10.9 Å². The average Bonchev–Trinajstić information content (AvgIpc) is 2.07. The van der Waals surface area contributed by atoms with E-state index in [1.165, 1.54) is 0 Å². The fraction of sp³-hybridized carbons (Fsp3) is 0. The van der Waals surface area contributed by atoms with Gasteiger partial charge in [0, 0.05) is 5.39 Å². The van der Waals surface area contributed by atoms with Gasteiger partial charge in [-0.15, -0.1) is 0 Å². The van der Waals surface area contributed by atoms with Gasteiger partial charge in [-0.25, -0.2) is 4.98 Å². The summed E-state index contributed by atoms with van der Waals surface area (Å²) in [6, 6.07) is 8.78. The van der Waals surface area contributed by atoms with Crippen molar-refractivity contribution in [2.45, 2.75) is 0 Å². The molecule has 3 N–H and O–H groups in total. The number of hydrogen-bond acceptors (Lipinski definition) is 3. The standard InChI is InChI=1S/C9H8N2O.Na.H/c10-8-5-4-6-2-1-3-7(12)9(6)11-8;;/h1-5,12H,(H2,10,11);;. The summed E-state index contributed by atoms with van der Waals surface area (Å²) in [5.41, 5.74) is 6.02. The van der Waals surface area contributed by atoms with Gasteiger partial charge in [-0.2, -0.15) is 0 Å². The molecule has 1 heterocycles. The topological polar surface area (TPSA) is 59.1 Å². The van der Waals surface area contributed by atoms with Crippen molar-refractivity contribution in [3.8, 4) is 5.75 Å². The molecular formula is C9H9N2NaO. The molecule has 2 rings (SSSR count).